The molecule has 4 heteroatoms. The summed E-state index contributed by atoms with van der Waals surface area (Å²) in [6.07, 6.45) is 3.28. The number of hydrogen-bond donors (Lipinski definition) is 0. The number of carbonyl (C=O) groups is 2. The molecule has 0 radical (unpaired) electrons. The summed E-state index contributed by atoms with van der Waals surface area (Å²) < 4.78 is 10.7. The highest BCUT2D eigenvalue weighted by Gasteiger charge is 2.28. The van der Waals surface area contributed by atoms with E-state index in [2.05, 4.69) is 6.92 Å². The molecule has 0 aromatic heterocycles. The molecule has 3 atom stereocenters. The second-order valence-corrected chi connectivity index (χ2v) is 6.60. The molecule has 1 saturated carbocycles. The van der Waals surface area contributed by atoms with Gasteiger partial charge in [0.2, 0.25) is 0 Å². The van der Waals surface area contributed by atoms with E-state index >= 15 is 0 Å². The lowest BCUT2D eigenvalue weighted by atomic mass is 9.75. The third-order valence-electron chi connectivity index (χ3n) is 4.81. The Hall–Kier alpha value is -1.68. The predicted octanol–water partition coefficient (Wildman–Crippen LogP) is 3.74. The lowest BCUT2D eigenvalue weighted by Crippen LogP contribution is -2.28. The minimum atomic E-state index is -0.313. The molecule has 3 unspecified atom stereocenters. The maximum atomic E-state index is 12.1. The van der Waals surface area contributed by atoms with Crippen molar-refractivity contribution in [2.45, 2.75) is 33.1 Å². The Balaban J connectivity index is 1.81. The van der Waals surface area contributed by atoms with Crippen molar-refractivity contribution in [2.24, 2.45) is 17.8 Å². The van der Waals surface area contributed by atoms with Gasteiger partial charge in [0.25, 0.3) is 0 Å². The van der Waals surface area contributed by atoms with Crippen LogP contribution >= 0.6 is 0 Å². The number of hydrogen-bond acceptors (Lipinski definition) is 4. The highest BCUT2D eigenvalue weighted by Crippen LogP contribution is 2.34. The topological polar surface area (TPSA) is 52.6 Å². The Bertz CT molecular complexity index is 535. The number of benzene rings is 1. The minimum absolute atomic E-state index is 0.00766. The highest BCUT2D eigenvalue weighted by molar-refractivity contribution is 5.96. The number of methoxy groups -OCH3 is 1. The monoisotopic (exact) mass is 318 g/mol. The van der Waals surface area contributed by atoms with Gasteiger partial charge < -0.3 is 9.47 Å². The summed E-state index contributed by atoms with van der Waals surface area (Å²) in [6.45, 7) is 5.04. The first-order valence-electron chi connectivity index (χ1n) is 8.28. The van der Waals surface area contributed by atoms with Gasteiger partial charge in [-0.3, -0.25) is 4.79 Å². The number of esters is 1. The molecule has 0 bridgehead atoms. The lowest BCUT2D eigenvalue weighted by Gasteiger charge is -2.33. The Morgan fingerprint density at radius 1 is 1.09 bits per heavy atom. The van der Waals surface area contributed by atoms with E-state index in [0.717, 1.165) is 25.9 Å². The summed E-state index contributed by atoms with van der Waals surface area (Å²) in [4.78, 5) is 23.3. The van der Waals surface area contributed by atoms with Crippen molar-refractivity contribution in [3.63, 3.8) is 0 Å². The molecule has 1 aliphatic rings. The van der Waals surface area contributed by atoms with E-state index < -0.39 is 0 Å². The second kappa shape index (κ2) is 8.25. The van der Waals surface area contributed by atoms with Gasteiger partial charge in [-0.25, -0.2) is 4.79 Å². The fourth-order valence-electron chi connectivity index (χ4n) is 3.30. The maximum absolute atomic E-state index is 12.1. The summed E-state index contributed by atoms with van der Waals surface area (Å²) in [7, 11) is 1.75. The fourth-order valence-corrected chi connectivity index (χ4v) is 3.30. The molecule has 23 heavy (non-hydrogen) atoms. The van der Waals surface area contributed by atoms with Crippen LogP contribution in [0.15, 0.2) is 24.3 Å². The van der Waals surface area contributed by atoms with Crippen LogP contribution in [-0.4, -0.2) is 32.1 Å². The predicted molar refractivity (Wildman–Crippen MR) is 88.6 cm³/mol. The zero-order valence-corrected chi connectivity index (χ0v) is 14.2. The molecule has 0 aliphatic heterocycles. The average molecular weight is 318 g/mol. The molecule has 0 heterocycles. The Morgan fingerprint density at radius 2 is 1.74 bits per heavy atom. The number of ketones is 1. The molecule has 0 amide bonds. The Kier molecular flexibility index (Phi) is 6.34. The molecule has 126 valence electrons. The van der Waals surface area contributed by atoms with Gasteiger partial charge in [0, 0.05) is 19.3 Å². The maximum Gasteiger partial charge on any atom is 0.338 e. The Morgan fingerprint density at radius 3 is 2.30 bits per heavy atom. The smallest absolute Gasteiger partial charge is 0.338 e. The Labute approximate surface area is 138 Å². The minimum Gasteiger partial charge on any atom is -0.462 e. The molecule has 1 fully saturated rings. The van der Waals surface area contributed by atoms with Crippen LogP contribution in [0.5, 0.6) is 0 Å². The van der Waals surface area contributed by atoms with Crippen molar-refractivity contribution in [2.75, 3.05) is 20.3 Å². The number of rotatable bonds is 6. The molecular formula is C19H26O4. The van der Waals surface area contributed by atoms with Crippen molar-refractivity contribution in [3.05, 3.63) is 35.4 Å². The van der Waals surface area contributed by atoms with Crippen molar-refractivity contribution in [1.82, 2.24) is 0 Å². The first kappa shape index (κ1) is 17.7. The van der Waals surface area contributed by atoms with Gasteiger partial charge in [-0.15, -0.1) is 0 Å². The van der Waals surface area contributed by atoms with Crippen molar-refractivity contribution >= 4 is 11.8 Å². The number of carbonyl (C=O) groups excluding carboxylic acids is 2. The summed E-state index contributed by atoms with van der Waals surface area (Å²) in [5.41, 5.74) is 1.10. The van der Waals surface area contributed by atoms with Crippen LogP contribution < -0.4 is 0 Å². The van der Waals surface area contributed by atoms with Crippen molar-refractivity contribution in [3.8, 4) is 0 Å². The summed E-state index contributed by atoms with van der Waals surface area (Å²) in [5.74, 6) is 1.32. The fraction of sp³-hybridized carbons (Fsp3) is 0.579. The summed E-state index contributed by atoms with van der Waals surface area (Å²) in [5, 5.41) is 0. The van der Waals surface area contributed by atoms with E-state index in [4.69, 9.17) is 9.47 Å². The van der Waals surface area contributed by atoms with E-state index in [1.807, 2.05) is 0 Å². The van der Waals surface area contributed by atoms with Gasteiger partial charge in [0.05, 0.1) is 12.2 Å². The zero-order valence-electron chi connectivity index (χ0n) is 14.2. The zero-order chi connectivity index (χ0) is 16.8. The van der Waals surface area contributed by atoms with E-state index in [9.17, 15) is 9.59 Å². The molecule has 4 nitrogen and oxygen atoms in total. The van der Waals surface area contributed by atoms with E-state index in [0.29, 0.717) is 35.5 Å². The first-order chi connectivity index (χ1) is 11.0. The van der Waals surface area contributed by atoms with Crippen LogP contribution in [0.1, 0.15) is 53.8 Å². The largest absolute Gasteiger partial charge is 0.462 e. The molecule has 0 N–H and O–H groups in total. The van der Waals surface area contributed by atoms with Gasteiger partial charge >= 0.3 is 5.97 Å². The van der Waals surface area contributed by atoms with Crippen molar-refractivity contribution in [1.29, 1.82) is 0 Å². The number of ether oxygens (including phenoxy) is 2. The van der Waals surface area contributed by atoms with Crippen LogP contribution in [0.2, 0.25) is 0 Å². The van der Waals surface area contributed by atoms with Gasteiger partial charge in [-0.05, 0) is 56.1 Å². The van der Waals surface area contributed by atoms with Crippen molar-refractivity contribution < 1.29 is 19.1 Å². The standard InChI is InChI=1S/C19H26O4/c1-13-10-15(4-5-18(13)12-22-3)11-23-19(21)17-8-6-16(7-9-17)14(2)20/h6-9,13,15,18H,4-5,10-12H2,1-3H3. The van der Waals surface area contributed by atoms with Crippen LogP contribution in [0.4, 0.5) is 0 Å². The molecule has 1 aromatic rings. The molecule has 1 aliphatic carbocycles. The average Bonchev–Trinajstić information content (AvgIpc) is 2.55. The summed E-state index contributed by atoms with van der Waals surface area (Å²) in [6, 6.07) is 6.63. The third kappa shape index (κ3) is 4.90. The normalized spacial score (nSPS) is 24.2. The van der Waals surface area contributed by atoms with Crippen LogP contribution in [0.25, 0.3) is 0 Å². The van der Waals surface area contributed by atoms with Gasteiger partial charge in [-0.1, -0.05) is 19.1 Å². The molecule has 0 spiro atoms. The number of Topliss-reactive ketones (excluding diaryl/α,β-unsaturated/α-hetero) is 1. The quantitative estimate of drug-likeness (QED) is 0.592. The van der Waals surface area contributed by atoms with Gasteiger partial charge in [0.15, 0.2) is 5.78 Å². The second-order valence-electron chi connectivity index (χ2n) is 6.60. The third-order valence-corrected chi connectivity index (χ3v) is 4.81. The van der Waals surface area contributed by atoms with Crippen LogP contribution in [0.3, 0.4) is 0 Å². The van der Waals surface area contributed by atoms with E-state index in [-0.39, 0.29) is 11.8 Å². The van der Waals surface area contributed by atoms with Crippen LogP contribution in [-0.2, 0) is 9.47 Å². The molecule has 1 aromatic carbocycles. The molecular weight excluding hydrogens is 292 g/mol. The first-order valence-corrected chi connectivity index (χ1v) is 8.28. The van der Waals surface area contributed by atoms with E-state index in [1.54, 1.807) is 31.4 Å². The highest BCUT2D eigenvalue weighted by atomic mass is 16.5. The molecule has 2 rings (SSSR count). The van der Waals surface area contributed by atoms with E-state index in [1.165, 1.54) is 6.92 Å². The SMILES string of the molecule is COCC1CCC(COC(=O)c2ccc(C(C)=O)cc2)CC1C. The lowest BCUT2D eigenvalue weighted by molar-refractivity contribution is 0.0289. The molecule has 0 saturated heterocycles. The summed E-state index contributed by atoms with van der Waals surface area (Å²) >= 11 is 0. The van der Waals surface area contributed by atoms with Gasteiger partial charge in [-0.2, -0.15) is 0 Å². The van der Waals surface area contributed by atoms with Gasteiger partial charge in [0.1, 0.15) is 0 Å². The van der Waals surface area contributed by atoms with Crippen LogP contribution in [0, 0.1) is 17.8 Å².